The van der Waals surface area contributed by atoms with Crippen LogP contribution < -0.4 is 15.9 Å². The molecule has 0 amide bonds. The number of hydrogen-bond donors (Lipinski definition) is 0. The molecule has 6 aromatic rings. The molecule has 5 aromatic carbocycles. The highest BCUT2D eigenvalue weighted by molar-refractivity contribution is 7.86. The molecule has 7 rings (SSSR count). The van der Waals surface area contributed by atoms with Crippen molar-refractivity contribution in [3.05, 3.63) is 127 Å². The average Bonchev–Trinajstić information content (AvgIpc) is 3.40. The third-order valence-corrected chi connectivity index (χ3v) is 10.2. The highest BCUT2D eigenvalue weighted by Crippen LogP contribution is 2.55. The molecular weight excluding hydrogens is 447 g/mol. The predicted molar refractivity (Wildman–Crippen MR) is 145 cm³/mol. The second-order valence-electron chi connectivity index (χ2n) is 8.80. The summed E-state index contributed by atoms with van der Waals surface area (Å²) in [6, 6.07) is 38.3. The zero-order chi connectivity index (χ0) is 23.6. The lowest BCUT2D eigenvalue weighted by Gasteiger charge is -2.17. The third-order valence-electron chi connectivity index (χ3n) is 7.02. The smallest absolute Gasteiger partial charge is 0.187 e. The van der Waals surface area contributed by atoms with Crippen molar-refractivity contribution in [2.24, 2.45) is 0 Å². The summed E-state index contributed by atoms with van der Waals surface area (Å²) in [5.41, 5.74) is 5.76. The summed E-state index contributed by atoms with van der Waals surface area (Å²) < 4.78 is 17.5. The fourth-order valence-electron chi connectivity index (χ4n) is 5.54. The van der Waals surface area contributed by atoms with Crippen molar-refractivity contribution in [1.82, 2.24) is 4.57 Å². The number of aromatic nitrogens is 1. The Morgan fingerprint density at radius 2 is 1.37 bits per heavy atom. The van der Waals surface area contributed by atoms with Gasteiger partial charge in [0.15, 0.2) is 12.8 Å². The summed E-state index contributed by atoms with van der Waals surface area (Å²) in [6.45, 7) is 7.31. The van der Waals surface area contributed by atoms with Crippen LogP contribution in [0.2, 0.25) is 0 Å². The van der Waals surface area contributed by atoms with Crippen molar-refractivity contribution in [2.45, 2.75) is 0 Å². The Morgan fingerprint density at radius 3 is 2.17 bits per heavy atom. The Hall–Kier alpha value is -4.38. The molecule has 0 N–H and O–H groups in total. The topological polar surface area (TPSA) is 26.4 Å². The largest absolute Gasteiger partial charge is 0.309 e. The number of fused-ring (bicyclic) bond motifs is 7. The van der Waals surface area contributed by atoms with E-state index in [4.69, 9.17) is 6.57 Å². The quantitative estimate of drug-likeness (QED) is 0.200. The Morgan fingerprint density at radius 1 is 0.657 bits per heavy atom. The molecule has 0 bridgehead atoms. The van der Waals surface area contributed by atoms with E-state index in [9.17, 15) is 0 Å². The van der Waals surface area contributed by atoms with Crippen LogP contribution >= 0.6 is 7.14 Å². The van der Waals surface area contributed by atoms with Gasteiger partial charge in [0.05, 0.1) is 17.6 Å². The lowest BCUT2D eigenvalue weighted by atomic mass is 10.0. The minimum absolute atomic E-state index is 0.611. The summed E-state index contributed by atoms with van der Waals surface area (Å²) in [6.07, 6.45) is 0. The van der Waals surface area contributed by atoms with Gasteiger partial charge >= 0.3 is 0 Å². The fraction of sp³-hybridized carbons (Fsp3) is 0. The van der Waals surface area contributed by atoms with Crippen LogP contribution in [0.1, 0.15) is 0 Å². The molecular formula is C31H19N2OP. The first-order valence-corrected chi connectivity index (χ1v) is 13.2. The maximum atomic E-state index is 15.3. The molecule has 1 unspecified atom stereocenters. The van der Waals surface area contributed by atoms with Crippen molar-refractivity contribution in [3.63, 3.8) is 0 Å². The van der Waals surface area contributed by atoms with Crippen molar-refractivity contribution < 1.29 is 4.57 Å². The molecule has 0 radical (unpaired) electrons. The molecule has 1 aromatic heterocycles. The van der Waals surface area contributed by atoms with Crippen LogP contribution in [0.4, 0.5) is 5.69 Å². The van der Waals surface area contributed by atoms with Crippen LogP contribution in [0.3, 0.4) is 0 Å². The number of nitrogens with zero attached hydrogens (tertiary/aromatic N) is 2. The normalized spacial score (nSPS) is 16.2. The molecule has 35 heavy (non-hydrogen) atoms. The second-order valence-corrected chi connectivity index (χ2v) is 11.5. The molecule has 164 valence electrons. The first-order valence-electron chi connectivity index (χ1n) is 11.5. The molecule has 4 heteroatoms. The van der Waals surface area contributed by atoms with Crippen LogP contribution in [0.5, 0.6) is 0 Å². The minimum Gasteiger partial charge on any atom is -0.309 e. The van der Waals surface area contributed by atoms with Crippen LogP contribution in [-0.2, 0) is 4.57 Å². The zero-order valence-corrected chi connectivity index (χ0v) is 19.6. The maximum Gasteiger partial charge on any atom is 0.187 e. The maximum absolute atomic E-state index is 15.3. The third kappa shape index (κ3) is 2.63. The van der Waals surface area contributed by atoms with E-state index in [1.807, 2.05) is 84.9 Å². The molecule has 0 aliphatic carbocycles. The lowest BCUT2D eigenvalue weighted by molar-refractivity contribution is 0.593. The van der Waals surface area contributed by atoms with E-state index in [1.165, 1.54) is 0 Å². The predicted octanol–water partition coefficient (Wildman–Crippen LogP) is 6.95. The van der Waals surface area contributed by atoms with E-state index < -0.39 is 7.14 Å². The molecule has 1 aliphatic rings. The van der Waals surface area contributed by atoms with E-state index in [2.05, 4.69) is 39.7 Å². The molecule has 3 nitrogen and oxygen atoms in total. The molecule has 0 saturated heterocycles. The van der Waals surface area contributed by atoms with Crippen molar-refractivity contribution >= 4 is 50.5 Å². The first kappa shape index (κ1) is 20.0. The SMILES string of the molecule is [C-]#[N+]c1ccc(-n2c3ccccc3c3c4c(ccc32)-c2ccccc2P4(=O)c2ccccc2)cc1. The van der Waals surface area contributed by atoms with Crippen LogP contribution in [0, 0.1) is 6.57 Å². The van der Waals surface area contributed by atoms with Crippen molar-refractivity contribution in [3.8, 4) is 16.8 Å². The van der Waals surface area contributed by atoms with E-state index in [0.717, 1.165) is 54.5 Å². The summed E-state index contributed by atoms with van der Waals surface area (Å²) >= 11 is 0. The van der Waals surface area contributed by atoms with Gasteiger partial charge in [0.2, 0.25) is 0 Å². The van der Waals surface area contributed by atoms with Crippen LogP contribution in [0.25, 0.3) is 43.5 Å². The Bertz CT molecular complexity index is 1880. The second kappa shape index (κ2) is 7.31. The van der Waals surface area contributed by atoms with Gasteiger partial charge in [0, 0.05) is 32.4 Å². The van der Waals surface area contributed by atoms with Gasteiger partial charge in [-0.3, -0.25) is 0 Å². The van der Waals surface area contributed by atoms with Gasteiger partial charge in [-0.25, -0.2) is 4.85 Å². The van der Waals surface area contributed by atoms with Gasteiger partial charge in [-0.2, -0.15) is 0 Å². The van der Waals surface area contributed by atoms with Gasteiger partial charge in [-0.15, -0.1) is 0 Å². The lowest BCUT2D eigenvalue weighted by Crippen LogP contribution is -2.21. The molecule has 0 saturated carbocycles. The summed E-state index contributed by atoms with van der Waals surface area (Å²) in [5, 5.41) is 4.81. The minimum atomic E-state index is -3.10. The molecule has 0 spiro atoms. The molecule has 0 fully saturated rings. The van der Waals surface area contributed by atoms with E-state index >= 15 is 4.57 Å². The molecule has 2 heterocycles. The fourth-order valence-corrected chi connectivity index (χ4v) is 8.83. The van der Waals surface area contributed by atoms with Crippen LogP contribution in [-0.4, -0.2) is 4.57 Å². The number of hydrogen-bond acceptors (Lipinski definition) is 1. The molecule has 1 aliphatic heterocycles. The van der Waals surface area contributed by atoms with E-state index in [0.29, 0.717) is 5.69 Å². The van der Waals surface area contributed by atoms with E-state index in [-0.39, 0.29) is 0 Å². The zero-order valence-electron chi connectivity index (χ0n) is 18.7. The number of benzene rings is 5. The van der Waals surface area contributed by atoms with Crippen molar-refractivity contribution in [2.75, 3.05) is 0 Å². The van der Waals surface area contributed by atoms with Crippen molar-refractivity contribution in [1.29, 1.82) is 0 Å². The first-order chi connectivity index (χ1) is 17.2. The summed E-state index contributed by atoms with van der Waals surface area (Å²) in [5.74, 6) is 0. The van der Waals surface area contributed by atoms with Gasteiger partial charge in [-0.05, 0) is 35.4 Å². The van der Waals surface area contributed by atoms with Crippen LogP contribution in [0.15, 0.2) is 115 Å². The summed E-state index contributed by atoms with van der Waals surface area (Å²) in [4.78, 5) is 3.54. The van der Waals surface area contributed by atoms with Gasteiger partial charge in [-0.1, -0.05) is 91.0 Å². The van der Waals surface area contributed by atoms with Gasteiger partial charge in [0.25, 0.3) is 0 Å². The average molecular weight is 466 g/mol. The van der Waals surface area contributed by atoms with Gasteiger partial charge < -0.3 is 9.13 Å². The number of para-hydroxylation sites is 1. The Balaban J connectivity index is 1.66. The highest BCUT2D eigenvalue weighted by Gasteiger charge is 2.42. The van der Waals surface area contributed by atoms with E-state index in [1.54, 1.807) is 0 Å². The standard InChI is InChI=1S/C31H19N2OP/c1-32-21-15-17-22(18-16-21)33-27-13-7-5-12-26(27)30-28(33)20-19-25-24-11-6-8-14-29(24)35(34,31(25)30)23-9-3-2-4-10-23/h2-20H. The summed E-state index contributed by atoms with van der Waals surface area (Å²) in [7, 11) is -3.10. The molecule has 1 atom stereocenters. The Kier molecular flexibility index (Phi) is 4.18. The monoisotopic (exact) mass is 466 g/mol. The highest BCUT2D eigenvalue weighted by atomic mass is 31.2. The van der Waals surface area contributed by atoms with Gasteiger partial charge in [0.1, 0.15) is 0 Å². The number of rotatable bonds is 2. The Labute approximate surface area is 203 Å².